The fourth-order valence-corrected chi connectivity index (χ4v) is 2.15. The second-order valence-corrected chi connectivity index (χ2v) is 4.77. The van der Waals surface area contributed by atoms with E-state index in [1.54, 1.807) is 31.1 Å². The molecular formula is C13H15FN2O3. The number of carboxylic acid groups (broad SMARTS) is 1. The molecule has 0 radical (unpaired) electrons. The second kappa shape index (κ2) is 4.87. The minimum Gasteiger partial charge on any atom is -0.481 e. The van der Waals surface area contributed by atoms with Crippen LogP contribution < -0.4 is 9.80 Å². The van der Waals surface area contributed by atoms with Gasteiger partial charge in [-0.3, -0.25) is 9.59 Å². The molecule has 1 amide bonds. The third kappa shape index (κ3) is 2.52. The third-order valence-corrected chi connectivity index (χ3v) is 3.20. The summed E-state index contributed by atoms with van der Waals surface area (Å²) in [5.41, 5.74) is 0.821. The molecule has 1 saturated heterocycles. The van der Waals surface area contributed by atoms with E-state index in [1.165, 1.54) is 11.0 Å². The van der Waals surface area contributed by atoms with Gasteiger partial charge in [-0.2, -0.15) is 0 Å². The van der Waals surface area contributed by atoms with Crippen LogP contribution >= 0.6 is 0 Å². The Hall–Kier alpha value is -2.11. The van der Waals surface area contributed by atoms with Crippen LogP contribution in [0, 0.1) is 11.7 Å². The number of amides is 1. The molecule has 0 bridgehead atoms. The molecule has 1 atom stereocenters. The van der Waals surface area contributed by atoms with Crippen LogP contribution in [0.25, 0.3) is 0 Å². The summed E-state index contributed by atoms with van der Waals surface area (Å²) >= 11 is 0. The Morgan fingerprint density at radius 2 is 2.16 bits per heavy atom. The lowest BCUT2D eigenvalue weighted by molar-refractivity contribution is -0.141. The van der Waals surface area contributed by atoms with Crippen LogP contribution in [0.4, 0.5) is 15.8 Å². The molecule has 1 fully saturated rings. The number of benzene rings is 1. The van der Waals surface area contributed by atoms with Crippen molar-refractivity contribution in [3.05, 3.63) is 24.0 Å². The standard InChI is InChI=1S/C13H15FN2O3/c1-15(2)11-4-3-9(6-10(11)14)16-7-8(13(18)19)5-12(16)17/h3-4,6,8H,5,7H2,1-2H3,(H,18,19). The molecule has 1 unspecified atom stereocenters. The molecule has 1 aromatic carbocycles. The van der Waals surface area contributed by atoms with E-state index in [4.69, 9.17) is 5.11 Å². The summed E-state index contributed by atoms with van der Waals surface area (Å²) in [4.78, 5) is 25.6. The van der Waals surface area contributed by atoms with Crippen LogP contribution in [0.15, 0.2) is 18.2 Å². The first-order valence-corrected chi connectivity index (χ1v) is 5.90. The van der Waals surface area contributed by atoms with E-state index in [0.717, 1.165) is 0 Å². The molecule has 0 aliphatic carbocycles. The van der Waals surface area contributed by atoms with Crippen LogP contribution in [-0.4, -0.2) is 37.6 Å². The number of rotatable bonds is 3. The zero-order valence-electron chi connectivity index (χ0n) is 10.8. The molecule has 19 heavy (non-hydrogen) atoms. The zero-order chi connectivity index (χ0) is 14.2. The Kier molecular flexibility index (Phi) is 3.42. The molecule has 1 aliphatic rings. The van der Waals surface area contributed by atoms with Gasteiger partial charge in [-0.25, -0.2) is 4.39 Å². The van der Waals surface area contributed by atoms with E-state index in [0.29, 0.717) is 11.4 Å². The highest BCUT2D eigenvalue weighted by Crippen LogP contribution is 2.28. The largest absolute Gasteiger partial charge is 0.481 e. The molecular weight excluding hydrogens is 251 g/mol. The number of aliphatic carboxylic acids is 1. The van der Waals surface area contributed by atoms with Crippen molar-refractivity contribution in [1.29, 1.82) is 0 Å². The summed E-state index contributed by atoms with van der Waals surface area (Å²) in [6, 6.07) is 4.46. The van der Waals surface area contributed by atoms with Gasteiger partial charge in [0.05, 0.1) is 11.6 Å². The number of anilines is 2. The van der Waals surface area contributed by atoms with Gasteiger partial charge >= 0.3 is 5.97 Å². The fourth-order valence-electron chi connectivity index (χ4n) is 2.15. The number of hydrogen-bond acceptors (Lipinski definition) is 3. The van der Waals surface area contributed by atoms with Gasteiger partial charge in [0.15, 0.2) is 0 Å². The number of carboxylic acids is 1. The molecule has 1 aliphatic heterocycles. The van der Waals surface area contributed by atoms with Crippen LogP contribution in [-0.2, 0) is 9.59 Å². The van der Waals surface area contributed by atoms with E-state index in [1.807, 2.05) is 0 Å². The van der Waals surface area contributed by atoms with Crippen molar-refractivity contribution >= 4 is 23.3 Å². The molecule has 0 spiro atoms. The number of hydrogen-bond donors (Lipinski definition) is 1. The Labute approximate surface area is 110 Å². The van der Waals surface area contributed by atoms with E-state index in [2.05, 4.69) is 0 Å². The second-order valence-electron chi connectivity index (χ2n) is 4.77. The smallest absolute Gasteiger partial charge is 0.308 e. The molecule has 0 aromatic heterocycles. The van der Waals surface area contributed by atoms with E-state index >= 15 is 0 Å². The lowest BCUT2D eigenvalue weighted by Gasteiger charge is -2.19. The van der Waals surface area contributed by atoms with Crippen molar-refractivity contribution in [2.24, 2.45) is 5.92 Å². The average molecular weight is 266 g/mol. The molecule has 102 valence electrons. The number of carbonyl (C=O) groups is 2. The molecule has 1 N–H and O–H groups in total. The number of nitrogens with zero attached hydrogens (tertiary/aromatic N) is 2. The topological polar surface area (TPSA) is 60.9 Å². The maximum Gasteiger partial charge on any atom is 0.308 e. The Bertz CT molecular complexity index is 531. The van der Waals surface area contributed by atoms with Crippen LogP contribution in [0.1, 0.15) is 6.42 Å². The fraction of sp³-hybridized carbons (Fsp3) is 0.385. The summed E-state index contributed by atoms with van der Waals surface area (Å²) in [5.74, 6) is -2.44. The van der Waals surface area contributed by atoms with Crippen molar-refractivity contribution in [2.75, 3.05) is 30.4 Å². The molecule has 2 rings (SSSR count). The highest BCUT2D eigenvalue weighted by atomic mass is 19.1. The Balaban J connectivity index is 2.26. The number of halogens is 1. The van der Waals surface area contributed by atoms with Gasteiger partial charge in [-0.1, -0.05) is 0 Å². The monoisotopic (exact) mass is 266 g/mol. The minimum atomic E-state index is -0.999. The first-order valence-electron chi connectivity index (χ1n) is 5.90. The van der Waals surface area contributed by atoms with Crippen LogP contribution in [0.3, 0.4) is 0 Å². The lowest BCUT2D eigenvalue weighted by atomic mass is 10.1. The summed E-state index contributed by atoms with van der Waals surface area (Å²) in [6.45, 7) is 0.0922. The predicted molar refractivity (Wildman–Crippen MR) is 68.8 cm³/mol. The molecule has 0 saturated carbocycles. The zero-order valence-corrected chi connectivity index (χ0v) is 10.8. The van der Waals surface area contributed by atoms with Crippen molar-refractivity contribution in [2.45, 2.75) is 6.42 Å². The maximum atomic E-state index is 13.8. The number of carbonyl (C=O) groups excluding carboxylic acids is 1. The third-order valence-electron chi connectivity index (χ3n) is 3.20. The normalized spacial score (nSPS) is 18.8. The molecule has 1 aromatic rings. The van der Waals surface area contributed by atoms with Crippen molar-refractivity contribution in [3.63, 3.8) is 0 Å². The first kappa shape index (κ1) is 13.3. The summed E-state index contributed by atoms with van der Waals surface area (Å²) in [5, 5.41) is 8.91. The van der Waals surface area contributed by atoms with Crippen LogP contribution in [0.5, 0.6) is 0 Å². The molecule has 1 heterocycles. The Morgan fingerprint density at radius 1 is 1.47 bits per heavy atom. The highest BCUT2D eigenvalue weighted by molar-refractivity contribution is 5.99. The minimum absolute atomic E-state index is 0.0353. The van der Waals surface area contributed by atoms with Gasteiger partial charge in [-0.15, -0.1) is 0 Å². The van der Waals surface area contributed by atoms with E-state index in [-0.39, 0.29) is 18.9 Å². The first-order chi connectivity index (χ1) is 8.90. The highest BCUT2D eigenvalue weighted by Gasteiger charge is 2.35. The lowest BCUT2D eigenvalue weighted by Crippen LogP contribution is -2.26. The van der Waals surface area contributed by atoms with Crippen molar-refractivity contribution in [1.82, 2.24) is 0 Å². The average Bonchev–Trinajstić information content (AvgIpc) is 2.71. The summed E-state index contributed by atoms with van der Waals surface area (Å²) in [6.07, 6.45) is -0.0353. The van der Waals surface area contributed by atoms with Crippen molar-refractivity contribution < 1.29 is 19.1 Å². The van der Waals surface area contributed by atoms with Gasteiger partial charge in [0, 0.05) is 32.7 Å². The van der Waals surface area contributed by atoms with Gasteiger partial charge in [0.1, 0.15) is 5.82 Å². The summed E-state index contributed by atoms with van der Waals surface area (Å²) in [7, 11) is 3.44. The quantitative estimate of drug-likeness (QED) is 0.896. The van der Waals surface area contributed by atoms with E-state index < -0.39 is 17.7 Å². The Morgan fingerprint density at radius 3 is 2.63 bits per heavy atom. The van der Waals surface area contributed by atoms with Crippen LogP contribution in [0.2, 0.25) is 0 Å². The van der Waals surface area contributed by atoms with Gasteiger partial charge in [-0.05, 0) is 18.2 Å². The van der Waals surface area contributed by atoms with Gasteiger partial charge in [0.25, 0.3) is 0 Å². The summed E-state index contributed by atoms with van der Waals surface area (Å²) < 4.78 is 13.8. The maximum absolute atomic E-state index is 13.8. The van der Waals surface area contributed by atoms with Gasteiger partial charge in [0.2, 0.25) is 5.91 Å². The predicted octanol–water partition coefficient (Wildman–Crippen LogP) is 1.33. The SMILES string of the molecule is CN(C)c1ccc(N2CC(C(=O)O)CC2=O)cc1F. The van der Waals surface area contributed by atoms with Crippen molar-refractivity contribution in [3.8, 4) is 0 Å². The van der Waals surface area contributed by atoms with Gasteiger partial charge < -0.3 is 14.9 Å². The molecule has 6 heteroatoms. The van der Waals surface area contributed by atoms with E-state index in [9.17, 15) is 14.0 Å². The molecule has 5 nitrogen and oxygen atoms in total.